The van der Waals surface area contributed by atoms with Crippen molar-refractivity contribution in [1.82, 2.24) is 0 Å². The topological polar surface area (TPSA) is 59.7 Å². The summed E-state index contributed by atoms with van der Waals surface area (Å²) in [7, 11) is 0. The second-order valence-electron chi connectivity index (χ2n) is 1.36. The third-order valence-corrected chi connectivity index (χ3v) is 0.675. The van der Waals surface area contributed by atoms with Gasteiger partial charge in [-0.2, -0.15) is 0 Å². The molecule has 0 fully saturated rings. The fraction of sp³-hybridized carbons (Fsp3) is 0.300. The zero-order valence-corrected chi connectivity index (χ0v) is 9.20. The van der Waals surface area contributed by atoms with Gasteiger partial charge >= 0.3 is 33.9 Å². The van der Waals surface area contributed by atoms with Gasteiger partial charge in [0.2, 0.25) is 0 Å². The van der Waals surface area contributed by atoms with Crippen LogP contribution in [0, 0.1) is 45.6 Å². The van der Waals surface area contributed by atoms with Crippen molar-refractivity contribution in [2.75, 3.05) is 0 Å². The normalized spacial score (nSPS) is 5.14. The number of unbranched alkanes of at least 4 members (excludes halogenated alkanes) is 4. The van der Waals surface area contributed by atoms with Gasteiger partial charge in [-0.25, -0.2) is 0 Å². The van der Waals surface area contributed by atoms with Gasteiger partial charge < -0.3 is 0 Å². The minimum Gasteiger partial charge on any atom is 0 e. The molecule has 0 unspecified atom stereocenters. The Kier molecular flexibility index (Phi) is 163. The van der Waals surface area contributed by atoms with Crippen LogP contribution in [0.4, 0.5) is 0 Å². The summed E-state index contributed by atoms with van der Waals surface area (Å²) in [6.07, 6.45) is 9.36. The fourth-order valence-corrected chi connectivity index (χ4v) is 0.326. The van der Waals surface area contributed by atoms with Gasteiger partial charge in [0.1, 0.15) is 0 Å². The van der Waals surface area contributed by atoms with Crippen molar-refractivity contribution in [2.24, 2.45) is 0 Å². The van der Waals surface area contributed by atoms with E-state index in [4.69, 9.17) is 14.0 Å². The first-order valence-corrected chi connectivity index (χ1v) is 3.31. The zero-order valence-electron chi connectivity index (χ0n) is 8.09. The summed E-state index contributed by atoms with van der Waals surface area (Å²) in [6.45, 7) is 17.6. The third-order valence-electron chi connectivity index (χ3n) is 0.675. The number of hydrogen-bond acceptors (Lipinski definition) is 0. The van der Waals surface area contributed by atoms with Gasteiger partial charge in [0.05, 0.1) is 0 Å². The molecule has 0 amide bonds. The van der Waals surface area contributed by atoms with Crippen LogP contribution in [0.25, 0.3) is 0 Å². The molecule has 0 bridgehead atoms. The molecule has 78 valence electrons. The van der Waals surface area contributed by atoms with Crippen molar-refractivity contribution >= 4 is 0 Å². The molecule has 4 heteroatoms. The molecule has 0 aromatic rings. The van der Waals surface area contributed by atoms with Crippen LogP contribution in [0.3, 0.4) is 0 Å². The van der Waals surface area contributed by atoms with Gasteiger partial charge in [0, 0.05) is 17.1 Å². The minimum absolute atomic E-state index is 0. The average Bonchev–Trinajstić information content (AvgIpc) is 2.27. The van der Waals surface area contributed by atoms with Crippen LogP contribution < -0.4 is 0 Å². The largest absolute Gasteiger partial charge is 0 e. The predicted molar refractivity (Wildman–Crippen MR) is 45.0 cm³/mol. The Hall–Kier alpha value is -0.261. The molecule has 0 aromatic heterocycles. The molecule has 0 saturated heterocycles. The van der Waals surface area contributed by atoms with Gasteiger partial charge in [-0.15, -0.1) is 0 Å². The molecular formula is C10H12FeO3. The van der Waals surface area contributed by atoms with Gasteiger partial charge in [-0.05, 0) is 25.7 Å². The van der Waals surface area contributed by atoms with Crippen LogP contribution in [0.1, 0.15) is 20.3 Å². The Morgan fingerprint density at radius 2 is 1.29 bits per heavy atom. The van der Waals surface area contributed by atoms with Crippen molar-refractivity contribution in [3.63, 3.8) is 0 Å². The van der Waals surface area contributed by atoms with Gasteiger partial charge in [-0.1, -0.05) is 20.3 Å². The molecule has 0 aliphatic carbocycles. The molecule has 0 rings (SSSR count). The summed E-state index contributed by atoms with van der Waals surface area (Å²) >= 11 is 0. The van der Waals surface area contributed by atoms with Crippen LogP contribution in [0.5, 0.6) is 0 Å². The summed E-state index contributed by atoms with van der Waals surface area (Å²) in [4.78, 5) is 0. The predicted octanol–water partition coefficient (Wildman–Crippen LogP) is 2.12. The maximum atomic E-state index is 7.50. The van der Waals surface area contributed by atoms with Crippen LogP contribution >= 0.6 is 0 Å². The van der Waals surface area contributed by atoms with Gasteiger partial charge in [-0.3, -0.25) is 0 Å². The van der Waals surface area contributed by atoms with Crippen molar-refractivity contribution in [2.45, 2.75) is 20.3 Å². The molecule has 0 aliphatic rings. The Labute approximate surface area is 97.3 Å². The monoisotopic (exact) mass is 236 g/mol. The Balaban J connectivity index is -0.0000000332. The van der Waals surface area contributed by atoms with E-state index in [9.17, 15) is 0 Å². The smallest absolute Gasteiger partial charge is 0 e. The first-order chi connectivity index (χ1) is 6.41. The molecule has 4 radical (unpaired) electrons. The van der Waals surface area contributed by atoms with Crippen molar-refractivity contribution in [1.29, 1.82) is 0 Å². The van der Waals surface area contributed by atoms with E-state index >= 15 is 0 Å². The van der Waals surface area contributed by atoms with Crippen molar-refractivity contribution in [3.8, 4) is 0 Å². The molecule has 0 aliphatic heterocycles. The van der Waals surface area contributed by atoms with E-state index in [1.165, 1.54) is 0 Å². The number of rotatable bonds is 4. The van der Waals surface area contributed by atoms with Crippen LogP contribution in [-0.4, -0.2) is 0 Å². The van der Waals surface area contributed by atoms with Crippen LogP contribution in [0.2, 0.25) is 0 Å². The molecular weight excluding hydrogens is 224 g/mol. The number of hydrogen-bond donors (Lipinski definition) is 0. The Morgan fingerprint density at radius 1 is 0.929 bits per heavy atom. The summed E-state index contributed by atoms with van der Waals surface area (Å²) in [5.41, 5.74) is 0. The summed E-state index contributed by atoms with van der Waals surface area (Å²) in [5, 5.41) is 0. The Bertz CT molecular complexity index is 89.4. The van der Waals surface area contributed by atoms with E-state index < -0.39 is 0 Å². The van der Waals surface area contributed by atoms with E-state index in [0.29, 0.717) is 0 Å². The van der Waals surface area contributed by atoms with E-state index in [1.807, 2.05) is 19.8 Å². The van der Waals surface area contributed by atoms with Crippen molar-refractivity contribution in [3.05, 3.63) is 45.6 Å². The standard InChI is InChI=1S/C7H12.3CO.Fe/c1-3-5-7-6-4-2;3*1-2;/h3,5-7H,4H2,1-2H3;;;;. The summed E-state index contributed by atoms with van der Waals surface area (Å²) in [6, 6.07) is 0. The first-order valence-electron chi connectivity index (χ1n) is 3.31. The molecule has 0 N–H and O–H groups in total. The molecule has 0 aromatic carbocycles. The quantitative estimate of drug-likeness (QED) is 0.310. The maximum Gasteiger partial charge on any atom is 0 e. The maximum absolute atomic E-state index is 7.50. The minimum atomic E-state index is 0. The molecule has 0 saturated carbocycles. The molecule has 0 atom stereocenters. The SMILES string of the molecule is C[CH][CH][CH][CH]CC.[C-]#[O+].[C-]#[O+].[C-]#[O+].[Fe]. The van der Waals surface area contributed by atoms with Gasteiger partial charge in [0.25, 0.3) is 0 Å². The zero-order chi connectivity index (χ0) is 11.5. The second kappa shape index (κ2) is 78.2. The van der Waals surface area contributed by atoms with Crippen molar-refractivity contribution < 1.29 is 31.0 Å². The summed E-state index contributed by atoms with van der Waals surface area (Å²) < 4.78 is 22.5. The molecule has 14 heavy (non-hydrogen) atoms. The average molecular weight is 236 g/mol. The molecule has 0 spiro atoms. The summed E-state index contributed by atoms with van der Waals surface area (Å²) in [5.74, 6) is 0. The Morgan fingerprint density at radius 3 is 1.50 bits per heavy atom. The van der Waals surface area contributed by atoms with Gasteiger partial charge in [0.15, 0.2) is 0 Å². The second-order valence-corrected chi connectivity index (χ2v) is 1.36. The van der Waals surface area contributed by atoms with E-state index in [0.717, 1.165) is 6.42 Å². The first kappa shape index (κ1) is 29.2. The van der Waals surface area contributed by atoms with E-state index in [2.05, 4.69) is 39.7 Å². The van der Waals surface area contributed by atoms with Crippen LogP contribution in [0.15, 0.2) is 0 Å². The molecule has 3 nitrogen and oxygen atoms in total. The van der Waals surface area contributed by atoms with E-state index in [1.54, 1.807) is 0 Å². The third kappa shape index (κ3) is 96.8. The van der Waals surface area contributed by atoms with E-state index in [-0.39, 0.29) is 17.1 Å². The molecule has 0 heterocycles. The fourth-order valence-electron chi connectivity index (χ4n) is 0.326. The van der Waals surface area contributed by atoms with Crippen LogP contribution in [-0.2, 0) is 31.0 Å².